The van der Waals surface area contributed by atoms with Gasteiger partial charge in [0.2, 0.25) is 11.8 Å². The first-order valence-electron chi connectivity index (χ1n) is 4.82. The van der Waals surface area contributed by atoms with Gasteiger partial charge in [-0.2, -0.15) is 0 Å². The maximum atomic E-state index is 11.4. The number of likely N-dealkylation sites (tertiary alicyclic amines) is 1. The van der Waals surface area contributed by atoms with E-state index in [0.29, 0.717) is 12.3 Å². The molecule has 1 saturated heterocycles. The minimum absolute atomic E-state index is 0.00523. The van der Waals surface area contributed by atoms with Gasteiger partial charge in [0, 0.05) is 19.4 Å². The zero-order valence-corrected chi connectivity index (χ0v) is 8.54. The van der Waals surface area contributed by atoms with Crippen molar-refractivity contribution < 1.29 is 9.59 Å². The first kappa shape index (κ1) is 10.2. The van der Waals surface area contributed by atoms with Crippen LogP contribution in [0.2, 0.25) is 0 Å². The van der Waals surface area contributed by atoms with Gasteiger partial charge in [0.05, 0.1) is 0 Å². The molecule has 0 aromatic heterocycles. The molecule has 0 aromatic carbocycles. The van der Waals surface area contributed by atoms with Crippen LogP contribution >= 0.6 is 0 Å². The van der Waals surface area contributed by atoms with Gasteiger partial charge in [-0.3, -0.25) is 14.5 Å². The average molecular weight is 183 g/mol. The molecule has 1 aliphatic rings. The number of nitrogens with zero attached hydrogens (tertiary/aromatic N) is 1. The molecule has 3 nitrogen and oxygen atoms in total. The van der Waals surface area contributed by atoms with Crippen LogP contribution in [0.25, 0.3) is 0 Å². The van der Waals surface area contributed by atoms with Crippen molar-refractivity contribution in [2.45, 2.75) is 33.1 Å². The Balaban J connectivity index is 2.45. The SMILES string of the molecule is CC(C)CC[C@@H]1CC(=O)N(C)C1=O. The summed E-state index contributed by atoms with van der Waals surface area (Å²) >= 11 is 0. The third-order valence-corrected chi connectivity index (χ3v) is 2.57. The fourth-order valence-electron chi connectivity index (χ4n) is 1.59. The molecule has 0 radical (unpaired) electrons. The lowest BCUT2D eigenvalue weighted by atomic mass is 9.97. The monoisotopic (exact) mass is 183 g/mol. The molecule has 1 heterocycles. The fraction of sp³-hybridized carbons (Fsp3) is 0.800. The highest BCUT2D eigenvalue weighted by Crippen LogP contribution is 2.24. The smallest absolute Gasteiger partial charge is 0.232 e. The Labute approximate surface area is 79.1 Å². The predicted molar refractivity (Wildman–Crippen MR) is 50.0 cm³/mol. The molecule has 1 rings (SSSR count). The number of amides is 2. The van der Waals surface area contributed by atoms with Crippen molar-refractivity contribution in [3.8, 4) is 0 Å². The standard InChI is InChI=1S/C10H17NO2/c1-7(2)4-5-8-6-9(12)11(3)10(8)13/h7-8H,4-6H2,1-3H3/t8-/m1/s1. The van der Waals surface area contributed by atoms with Gasteiger partial charge < -0.3 is 0 Å². The van der Waals surface area contributed by atoms with Crippen LogP contribution in [0.4, 0.5) is 0 Å². The Morgan fingerprint density at radius 2 is 2.08 bits per heavy atom. The van der Waals surface area contributed by atoms with Crippen molar-refractivity contribution in [1.82, 2.24) is 4.90 Å². The van der Waals surface area contributed by atoms with Gasteiger partial charge in [-0.05, 0) is 12.3 Å². The molecule has 1 atom stereocenters. The van der Waals surface area contributed by atoms with Gasteiger partial charge in [0.25, 0.3) is 0 Å². The zero-order valence-electron chi connectivity index (χ0n) is 8.54. The quantitative estimate of drug-likeness (QED) is 0.621. The van der Waals surface area contributed by atoms with Crippen LogP contribution in [0, 0.1) is 11.8 Å². The lowest BCUT2D eigenvalue weighted by molar-refractivity contribution is -0.137. The normalized spacial score (nSPS) is 23.4. The molecular formula is C10H17NO2. The van der Waals surface area contributed by atoms with Gasteiger partial charge >= 0.3 is 0 Å². The van der Waals surface area contributed by atoms with Crippen molar-refractivity contribution in [3.05, 3.63) is 0 Å². The van der Waals surface area contributed by atoms with E-state index in [0.717, 1.165) is 12.8 Å². The van der Waals surface area contributed by atoms with E-state index in [-0.39, 0.29) is 17.7 Å². The van der Waals surface area contributed by atoms with Crippen LogP contribution < -0.4 is 0 Å². The maximum absolute atomic E-state index is 11.4. The Bertz CT molecular complexity index is 223. The second-order valence-electron chi connectivity index (χ2n) is 4.16. The maximum Gasteiger partial charge on any atom is 0.232 e. The van der Waals surface area contributed by atoms with Gasteiger partial charge in [-0.25, -0.2) is 0 Å². The Morgan fingerprint density at radius 3 is 2.46 bits per heavy atom. The van der Waals surface area contributed by atoms with E-state index in [1.54, 1.807) is 7.05 Å². The lowest BCUT2D eigenvalue weighted by Crippen LogP contribution is -2.25. The molecule has 0 N–H and O–H groups in total. The van der Waals surface area contributed by atoms with Crippen LogP contribution in [-0.2, 0) is 9.59 Å². The van der Waals surface area contributed by atoms with Gasteiger partial charge in [-0.15, -0.1) is 0 Å². The summed E-state index contributed by atoms with van der Waals surface area (Å²) < 4.78 is 0. The molecular weight excluding hydrogens is 166 g/mol. The molecule has 0 spiro atoms. The molecule has 1 fully saturated rings. The van der Waals surface area contributed by atoms with E-state index in [4.69, 9.17) is 0 Å². The van der Waals surface area contributed by atoms with Crippen LogP contribution in [0.5, 0.6) is 0 Å². The summed E-state index contributed by atoms with van der Waals surface area (Å²) in [5, 5.41) is 0. The number of carbonyl (C=O) groups excluding carboxylic acids is 2. The highest BCUT2D eigenvalue weighted by molar-refractivity contribution is 6.03. The van der Waals surface area contributed by atoms with Gasteiger partial charge in [0.1, 0.15) is 0 Å². The van der Waals surface area contributed by atoms with E-state index in [1.807, 2.05) is 0 Å². The number of hydrogen-bond acceptors (Lipinski definition) is 2. The Kier molecular flexibility index (Phi) is 3.07. The molecule has 0 bridgehead atoms. The van der Waals surface area contributed by atoms with Gasteiger partial charge in [-0.1, -0.05) is 20.3 Å². The molecule has 0 unspecified atom stereocenters. The summed E-state index contributed by atoms with van der Waals surface area (Å²) in [6, 6.07) is 0. The topological polar surface area (TPSA) is 37.4 Å². The van der Waals surface area contributed by atoms with E-state index in [9.17, 15) is 9.59 Å². The van der Waals surface area contributed by atoms with Gasteiger partial charge in [0.15, 0.2) is 0 Å². The van der Waals surface area contributed by atoms with Crippen molar-refractivity contribution >= 4 is 11.8 Å². The molecule has 1 aliphatic heterocycles. The highest BCUT2D eigenvalue weighted by atomic mass is 16.2. The Hall–Kier alpha value is -0.860. The first-order valence-corrected chi connectivity index (χ1v) is 4.82. The van der Waals surface area contributed by atoms with Crippen molar-refractivity contribution in [3.63, 3.8) is 0 Å². The van der Waals surface area contributed by atoms with E-state index < -0.39 is 0 Å². The van der Waals surface area contributed by atoms with Crippen LogP contribution in [0.15, 0.2) is 0 Å². The summed E-state index contributed by atoms with van der Waals surface area (Å²) in [6.07, 6.45) is 2.30. The highest BCUT2D eigenvalue weighted by Gasteiger charge is 2.35. The average Bonchev–Trinajstić information content (AvgIpc) is 2.29. The first-order chi connectivity index (χ1) is 6.02. The molecule has 0 aromatic rings. The number of hydrogen-bond donors (Lipinski definition) is 0. The molecule has 0 saturated carbocycles. The zero-order chi connectivity index (χ0) is 10.0. The van der Waals surface area contributed by atoms with Crippen molar-refractivity contribution in [2.24, 2.45) is 11.8 Å². The fourth-order valence-corrected chi connectivity index (χ4v) is 1.59. The third kappa shape index (κ3) is 2.29. The lowest BCUT2D eigenvalue weighted by Gasteiger charge is -2.09. The minimum atomic E-state index is -0.0418. The number of imide groups is 1. The molecule has 2 amide bonds. The minimum Gasteiger partial charge on any atom is -0.285 e. The summed E-state index contributed by atoms with van der Waals surface area (Å²) in [7, 11) is 1.57. The van der Waals surface area contributed by atoms with Crippen LogP contribution in [0.1, 0.15) is 33.1 Å². The van der Waals surface area contributed by atoms with Crippen molar-refractivity contribution in [2.75, 3.05) is 7.05 Å². The second-order valence-corrected chi connectivity index (χ2v) is 4.16. The second kappa shape index (κ2) is 3.90. The van der Waals surface area contributed by atoms with Crippen molar-refractivity contribution in [1.29, 1.82) is 0 Å². The summed E-state index contributed by atoms with van der Waals surface area (Å²) in [5.41, 5.74) is 0. The number of rotatable bonds is 3. The van der Waals surface area contributed by atoms with E-state index in [2.05, 4.69) is 13.8 Å². The third-order valence-electron chi connectivity index (χ3n) is 2.57. The van der Waals surface area contributed by atoms with E-state index >= 15 is 0 Å². The largest absolute Gasteiger partial charge is 0.285 e. The molecule has 0 aliphatic carbocycles. The van der Waals surface area contributed by atoms with E-state index in [1.165, 1.54) is 4.90 Å². The summed E-state index contributed by atoms with van der Waals surface area (Å²) in [5.74, 6) is 0.540. The molecule has 74 valence electrons. The Morgan fingerprint density at radius 1 is 1.46 bits per heavy atom. The predicted octanol–water partition coefficient (Wildman–Crippen LogP) is 1.43. The summed E-state index contributed by atoms with van der Waals surface area (Å²) in [4.78, 5) is 23.8. The van der Waals surface area contributed by atoms with Crippen LogP contribution in [-0.4, -0.2) is 23.8 Å². The summed E-state index contributed by atoms with van der Waals surface area (Å²) in [6.45, 7) is 4.26. The van der Waals surface area contributed by atoms with Crippen LogP contribution in [0.3, 0.4) is 0 Å². The molecule has 3 heteroatoms. The molecule has 13 heavy (non-hydrogen) atoms. The number of carbonyl (C=O) groups is 2.